The van der Waals surface area contributed by atoms with Gasteiger partial charge in [-0.25, -0.2) is 0 Å². The summed E-state index contributed by atoms with van der Waals surface area (Å²) in [6, 6.07) is 0. The van der Waals surface area contributed by atoms with Crippen LogP contribution in [0.5, 0.6) is 0 Å². The van der Waals surface area contributed by atoms with Crippen molar-refractivity contribution in [2.45, 2.75) is 52.8 Å². The molecule has 0 amide bonds. The van der Waals surface area contributed by atoms with Crippen LogP contribution in [0.15, 0.2) is 0 Å². The summed E-state index contributed by atoms with van der Waals surface area (Å²) in [5.41, 5.74) is 0. The normalized spacial score (nSPS) is 7.89. The van der Waals surface area contributed by atoms with Crippen molar-refractivity contribution >= 4 is 7.85 Å². The van der Waals surface area contributed by atoms with E-state index in [-0.39, 0.29) is 0 Å². The predicted molar refractivity (Wildman–Crippen MR) is 46.1 cm³/mol. The van der Waals surface area contributed by atoms with Gasteiger partial charge in [0, 0.05) is 0 Å². The summed E-state index contributed by atoms with van der Waals surface area (Å²) in [6.45, 7) is 5.99. The Hall–Kier alpha value is 0.0649. The minimum Gasteiger partial charge on any atom is -0.0999 e. The Kier molecular flexibility index (Phi) is 20.6. The summed E-state index contributed by atoms with van der Waals surface area (Å²) in [7, 11) is 4.50. The van der Waals surface area contributed by atoms with Crippen LogP contribution in [0.3, 0.4) is 0 Å². The van der Waals surface area contributed by atoms with Gasteiger partial charge in [0.1, 0.15) is 0 Å². The highest BCUT2D eigenvalue weighted by molar-refractivity contribution is 6.05. The van der Waals surface area contributed by atoms with E-state index < -0.39 is 0 Å². The maximum Gasteiger partial charge on any atom is 0.0606 e. The third kappa shape index (κ3) is 18.0. The summed E-state index contributed by atoms with van der Waals surface area (Å²) < 4.78 is 0. The molecule has 2 radical (unpaired) electrons. The molecule has 1 heteroatoms. The zero-order valence-corrected chi connectivity index (χ0v) is 7.11. The first kappa shape index (κ1) is 11.8. The summed E-state index contributed by atoms with van der Waals surface area (Å²) in [6.07, 6.45) is 7.01. The van der Waals surface area contributed by atoms with E-state index in [4.69, 9.17) is 0 Å². The second kappa shape index (κ2) is 15.7. The molecular weight excluding hydrogens is 107 g/mol. The average molecular weight is 126 g/mol. The van der Waals surface area contributed by atoms with E-state index in [1.165, 1.54) is 38.9 Å². The molecule has 54 valence electrons. The summed E-state index contributed by atoms with van der Waals surface area (Å²) in [5, 5.41) is 0. The molecule has 0 aromatic rings. The number of rotatable bonds is 4. The van der Waals surface area contributed by atoms with E-state index in [0.717, 1.165) is 0 Å². The first-order valence-corrected chi connectivity index (χ1v) is 3.99. The van der Waals surface area contributed by atoms with Crippen molar-refractivity contribution < 1.29 is 0 Å². The third-order valence-electron chi connectivity index (χ3n) is 1.21. The monoisotopic (exact) mass is 126 g/mol. The summed E-state index contributed by atoms with van der Waals surface area (Å²) in [5.74, 6) is 0. The predicted octanol–water partition coefficient (Wildman–Crippen LogP) is 3.18. The Labute approximate surface area is 61.5 Å². The Morgan fingerprint density at radius 2 is 1.11 bits per heavy atom. The lowest BCUT2D eigenvalue weighted by Gasteiger charge is -1.90. The Bertz CT molecular complexity index is 23.7. The van der Waals surface area contributed by atoms with Crippen molar-refractivity contribution in [3.63, 3.8) is 0 Å². The highest BCUT2D eigenvalue weighted by Gasteiger charge is 1.80. The van der Waals surface area contributed by atoms with Crippen molar-refractivity contribution in [3.8, 4) is 0 Å². The first-order chi connectivity index (χ1) is 4.41. The molecule has 0 aliphatic heterocycles. The fourth-order valence-corrected chi connectivity index (χ4v) is 0.677. The molecule has 0 bridgehead atoms. The highest BCUT2D eigenvalue weighted by atomic mass is 13.9. The second-order valence-electron chi connectivity index (χ2n) is 2.06. The topological polar surface area (TPSA) is 0 Å². The van der Waals surface area contributed by atoms with Crippen molar-refractivity contribution in [2.24, 2.45) is 0 Å². The molecule has 9 heavy (non-hydrogen) atoms. The third-order valence-corrected chi connectivity index (χ3v) is 1.21. The van der Waals surface area contributed by atoms with Crippen molar-refractivity contribution in [3.05, 3.63) is 0 Å². The van der Waals surface area contributed by atoms with Gasteiger partial charge >= 0.3 is 0 Å². The lowest BCUT2D eigenvalue weighted by molar-refractivity contribution is 0.656. The molecule has 0 saturated carbocycles. The number of hydrogen-bond donors (Lipinski definition) is 0. The van der Waals surface area contributed by atoms with E-state index in [0.29, 0.717) is 0 Å². The zero-order chi connectivity index (χ0) is 7.54. The van der Waals surface area contributed by atoms with Crippen LogP contribution in [0.4, 0.5) is 0 Å². The largest absolute Gasteiger partial charge is 0.0999 e. The lowest BCUT2D eigenvalue weighted by Crippen LogP contribution is -1.70. The molecule has 0 aliphatic carbocycles. The lowest BCUT2D eigenvalue weighted by atomic mass is 10.2. The summed E-state index contributed by atoms with van der Waals surface area (Å²) >= 11 is 0. The average Bonchev–Trinajstić information content (AvgIpc) is 1.94. The van der Waals surface area contributed by atoms with Crippen LogP contribution in [0.25, 0.3) is 0 Å². The molecule has 0 fully saturated rings. The van der Waals surface area contributed by atoms with Crippen LogP contribution in [-0.2, 0) is 0 Å². The van der Waals surface area contributed by atoms with Crippen LogP contribution in [0.2, 0.25) is 6.82 Å². The molecule has 0 aromatic carbocycles. The van der Waals surface area contributed by atoms with Gasteiger partial charge in [-0.2, -0.15) is 0 Å². The maximum atomic E-state index is 4.50. The van der Waals surface area contributed by atoms with Gasteiger partial charge in [-0.05, 0) is 0 Å². The Morgan fingerprint density at radius 3 is 1.33 bits per heavy atom. The minimum atomic E-state index is 1.36. The SMILES string of the molecule is CCCCCCC.[B]C. The molecule has 0 saturated heterocycles. The fraction of sp³-hybridized carbons (Fsp3) is 1.00. The molecule has 0 rings (SSSR count). The van der Waals surface area contributed by atoms with Crippen molar-refractivity contribution in [1.82, 2.24) is 0 Å². The van der Waals surface area contributed by atoms with Gasteiger partial charge < -0.3 is 0 Å². The van der Waals surface area contributed by atoms with Crippen LogP contribution < -0.4 is 0 Å². The van der Waals surface area contributed by atoms with Gasteiger partial charge in [0.15, 0.2) is 0 Å². The first-order valence-electron chi connectivity index (χ1n) is 3.99. The van der Waals surface area contributed by atoms with Crippen LogP contribution in [0, 0.1) is 0 Å². The molecule has 0 aliphatic rings. The smallest absolute Gasteiger partial charge is 0.0606 e. The van der Waals surface area contributed by atoms with E-state index in [2.05, 4.69) is 21.7 Å². The van der Waals surface area contributed by atoms with E-state index >= 15 is 0 Å². The van der Waals surface area contributed by atoms with E-state index in [1.807, 2.05) is 0 Å². The van der Waals surface area contributed by atoms with Gasteiger partial charge in [0.25, 0.3) is 0 Å². The molecule has 0 heterocycles. The quantitative estimate of drug-likeness (QED) is 0.400. The molecule has 0 N–H and O–H groups in total. The second-order valence-corrected chi connectivity index (χ2v) is 2.06. The molecule has 0 spiro atoms. The van der Waals surface area contributed by atoms with Crippen molar-refractivity contribution in [1.29, 1.82) is 0 Å². The van der Waals surface area contributed by atoms with Crippen molar-refractivity contribution in [2.75, 3.05) is 0 Å². The summed E-state index contributed by atoms with van der Waals surface area (Å²) in [4.78, 5) is 0. The van der Waals surface area contributed by atoms with Gasteiger partial charge in [-0.15, -0.1) is 0 Å². The molecule has 0 nitrogen and oxygen atoms in total. The van der Waals surface area contributed by atoms with E-state index in [9.17, 15) is 0 Å². The van der Waals surface area contributed by atoms with Gasteiger partial charge in [0.05, 0.1) is 7.85 Å². The van der Waals surface area contributed by atoms with Crippen LogP contribution >= 0.6 is 0 Å². The van der Waals surface area contributed by atoms with Gasteiger partial charge in [-0.3, -0.25) is 0 Å². The van der Waals surface area contributed by atoms with Gasteiger partial charge in [-0.1, -0.05) is 52.8 Å². The molecular formula is C8H19B. The standard InChI is InChI=1S/C7H16.CH3B/c1-3-5-7-6-4-2;1-2/h3-7H2,1-2H3;1H3. The Balaban J connectivity index is 0. The van der Waals surface area contributed by atoms with Crippen LogP contribution in [0.1, 0.15) is 46.0 Å². The molecule has 0 unspecified atom stereocenters. The molecule has 0 atom stereocenters. The Morgan fingerprint density at radius 1 is 0.778 bits per heavy atom. The number of unbranched alkanes of at least 4 members (excludes halogenated alkanes) is 4. The maximum absolute atomic E-state index is 4.50. The fourth-order valence-electron chi connectivity index (χ4n) is 0.677. The zero-order valence-electron chi connectivity index (χ0n) is 7.11. The molecule has 0 aromatic heterocycles. The van der Waals surface area contributed by atoms with E-state index in [1.54, 1.807) is 0 Å². The minimum absolute atomic E-state index is 1.36. The van der Waals surface area contributed by atoms with Crippen LogP contribution in [-0.4, -0.2) is 7.85 Å². The highest BCUT2D eigenvalue weighted by Crippen LogP contribution is 2.00. The van der Waals surface area contributed by atoms with Gasteiger partial charge in [0.2, 0.25) is 0 Å². The number of hydrogen-bond acceptors (Lipinski definition) is 0.